The molecule has 0 aliphatic rings. The van der Waals surface area contributed by atoms with Crippen LogP contribution in [0.1, 0.15) is 16.9 Å². The molecular formula is C11H13NOS. The molecule has 0 saturated heterocycles. The minimum atomic E-state index is 0.760. The summed E-state index contributed by atoms with van der Waals surface area (Å²) in [5.41, 5.74) is 3.69. The maximum absolute atomic E-state index is 5.34. The Kier molecular flexibility index (Phi) is 2.59. The van der Waals surface area contributed by atoms with Gasteiger partial charge in [-0.1, -0.05) is 0 Å². The Balaban J connectivity index is 2.02. The molecule has 0 aliphatic heterocycles. The van der Waals surface area contributed by atoms with Gasteiger partial charge in [0.05, 0.1) is 12.8 Å². The van der Waals surface area contributed by atoms with Gasteiger partial charge in [-0.2, -0.15) is 0 Å². The van der Waals surface area contributed by atoms with E-state index in [1.54, 1.807) is 17.6 Å². The molecule has 0 aliphatic carbocycles. The minimum Gasteiger partial charge on any atom is -0.467 e. The van der Waals surface area contributed by atoms with E-state index in [0.29, 0.717) is 0 Å². The molecule has 2 aromatic heterocycles. The zero-order valence-electron chi connectivity index (χ0n) is 8.33. The van der Waals surface area contributed by atoms with Crippen LogP contribution in [0.15, 0.2) is 27.5 Å². The van der Waals surface area contributed by atoms with Gasteiger partial charge in [-0.25, -0.2) is 0 Å². The van der Waals surface area contributed by atoms with Gasteiger partial charge in [0.25, 0.3) is 0 Å². The van der Waals surface area contributed by atoms with E-state index in [9.17, 15) is 0 Å². The average molecular weight is 207 g/mol. The van der Waals surface area contributed by atoms with Crippen LogP contribution in [0.4, 0.5) is 5.69 Å². The van der Waals surface area contributed by atoms with Gasteiger partial charge in [-0.3, -0.25) is 0 Å². The normalized spacial score (nSPS) is 10.4. The van der Waals surface area contributed by atoms with Gasteiger partial charge in [0.1, 0.15) is 5.76 Å². The van der Waals surface area contributed by atoms with Gasteiger partial charge in [-0.15, -0.1) is 11.3 Å². The van der Waals surface area contributed by atoms with Crippen LogP contribution in [0.2, 0.25) is 0 Å². The van der Waals surface area contributed by atoms with Gasteiger partial charge in [-0.05, 0) is 36.4 Å². The fraction of sp³-hybridized carbons (Fsp3) is 0.273. The quantitative estimate of drug-likeness (QED) is 0.832. The summed E-state index contributed by atoms with van der Waals surface area (Å²) < 4.78 is 5.34. The third-order valence-electron chi connectivity index (χ3n) is 2.26. The van der Waals surface area contributed by atoms with Gasteiger partial charge in [0.15, 0.2) is 0 Å². The Morgan fingerprint density at radius 1 is 1.29 bits per heavy atom. The molecule has 74 valence electrons. The van der Waals surface area contributed by atoms with Crippen LogP contribution < -0.4 is 5.32 Å². The van der Waals surface area contributed by atoms with E-state index in [0.717, 1.165) is 12.3 Å². The van der Waals surface area contributed by atoms with Crippen LogP contribution in [0, 0.1) is 13.8 Å². The summed E-state index contributed by atoms with van der Waals surface area (Å²) in [7, 11) is 0. The van der Waals surface area contributed by atoms with Crippen LogP contribution in [0.25, 0.3) is 0 Å². The molecule has 0 spiro atoms. The van der Waals surface area contributed by atoms with Crippen molar-refractivity contribution in [2.24, 2.45) is 0 Å². The van der Waals surface area contributed by atoms with Gasteiger partial charge >= 0.3 is 0 Å². The SMILES string of the molecule is Cc1cscc1NCc1occc1C. The Bertz CT molecular complexity index is 376. The Labute approximate surface area is 87.6 Å². The number of nitrogens with one attached hydrogen (secondary N) is 1. The summed E-state index contributed by atoms with van der Waals surface area (Å²) in [5, 5.41) is 7.61. The van der Waals surface area contributed by atoms with Crippen LogP contribution in [0.3, 0.4) is 0 Å². The van der Waals surface area contributed by atoms with Crippen molar-refractivity contribution >= 4 is 17.0 Å². The first-order valence-electron chi connectivity index (χ1n) is 4.57. The summed E-state index contributed by atoms with van der Waals surface area (Å²) >= 11 is 1.71. The summed E-state index contributed by atoms with van der Waals surface area (Å²) in [6.45, 7) is 4.92. The highest BCUT2D eigenvalue weighted by molar-refractivity contribution is 7.08. The highest BCUT2D eigenvalue weighted by Crippen LogP contribution is 2.20. The molecule has 2 aromatic rings. The van der Waals surface area contributed by atoms with E-state index in [1.807, 2.05) is 6.07 Å². The molecule has 0 saturated carbocycles. The number of hydrogen-bond donors (Lipinski definition) is 1. The summed E-state index contributed by atoms with van der Waals surface area (Å²) in [4.78, 5) is 0. The van der Waals surface area contributed by atoms with E-state index in [1.165, 1.54) is 16.8 Å². The van der Waals surface area contributed by atoms with Crippen molar-refractivity contribution in [3.63, 3.8) is 0 Å². The van der Waals surface area contributed by atoms with Gasteiger partial charge < -0.3 is 9.73 Å². The number of anilines is 1. The van der Waals surface area contributed by atoms with Crippen molar-refractivity contribution in [3.8, 4) is 0 Å². The molecule has 0 bridgehead atoms. The molecule has 2 heterocycles. The van der Waals surface area contributed by atoms with E-state index in [2.05, 4.69) is 29.9 Å². The molecule has 0 fully saturated rings. The van der Waals surface area contributed by atoms with Crippen molar-refractivity contribution in [2.45, 2.75) is 20.4 Å². The Hall–Kier alpha value is -1.22. The summed E-state index contributed by atoms with van der Waals surface area (Å²) in [5.74, 6) is 1.01. The zero-order valence-corrected chi connectivity index (χ0v) is 9.15. The number of aryl methyl sites for hydroxylation is 2. The van der Waals surface area contributed by atoms with Crippen molar-refractivity contribution in [2.75, 3.05) is 5.32 Å². The standard InChI is InChI=1S/C11H13NOS/c1-8-3-4-13-11(8)5-12-10-7-14-6-9(10)2/h3-4,6-7,12H,5H2,1-2H3. The van der Waals surface area contributed by atoms with Crippen molar-refractivity contribution in [1.82, 2.24) is 0 Å². The highest BCUT2D eigenvalue weighted by Gasteiger charge is 2.03. The minimum absolute atomic E-state index is 0.760. The first-order valence-corrected chi connectivity index (χ1v) is 5.51. The lowest BCUT2D eigenvalue weighted by atomic mass is 10.2. The topological polar surface area (TPSA) is 25.2 Å². The summed E-state index contributed by atoms with van der Waals surface area (Å²) in [6.07, 6.45) is 1.73. The fourth-order valence-electron chi connectivity index (χ4n) is 1.30. The highest BCUT2D eigenvalue weighted by atomic mass is 32.1. The fourth-order valence-corrected chi connectivity index (χ4v) is 2.11. The summed E-state index contributed by atoms with van der Waals surface area (Å²) in [6, 6.07) is 1.98. The lowest BCUT2D eigenvalue weighted by Crippen LogP contribution is -1.99. The molecule has 2 rings (SSSR count). The predicted octanol–water partition coefficient (Wildman–Crippen LogP) is 3.57. The van der Waals surface area contributed by atoms with Crippen molar-refractivity contribution in [3.05, 3.63) is 40.0 Å². The lowest BCUT2D eigenvalue weighted by molar-refractivity contribution is 0.515. The number of hydrogen-bond acceptors (Lipinski definition) is 3. The third kappa shape index (κ3) is 1.82. The number of rotatable bonds is 3. The Morgan fingerprint density at radius 3 is 2.71 bits per heavy atom. The maximum atomic E-state index is 5.34. The zero-order chi connectivity index (χ0) is 9.97. The lowest BCUT2D eigenvalue weighted by Gasteiger charge is -2.03. The Morgan fingerprint density at radius 2 is 2.14 bits per heavy atom. The molecule has 0 radical (unpaired) electrons. The van der Waals surface area contributed by atoms with Gasteiger partial charge in [0, 0.05) is 11.1 Å². The first kappa shape index (κ1) is 9.34. The second-order valence-corrected chi connectivity index (χ2v) is 4.09. The molecule has 0 amide bonds. The van der Waals surface area contributed by atoms with E-state index >= 15 is 0 Å². The van der Waals surface area contributed by atoms with Gasteiger partial charge in [0.2, 0.25) is 0 Å². The first-order chi connectivity index (χ1) is 6.77. The van der Waals surface area contributed by atoms with E-state index in [-0.39, 0.29) is 0 Å². The monoisotopic (exact) mass is 207 g/mol. The van der Waals surface area contributed by atoms with Crippen molar-refractivity contribution < 1.29 is 4.42 Å². The van der Waals surface area contributed by atoms with Crippen LogP contribution >= 0.6 is 11.3 Å². The van der Waals surface area contributed by atoms with Crippen molar-refractivity contribution in [1.29, 1.82) is 0 Å². The third-order valence-corrected chi connectivity index (χ3v) is 3.12. The van der Waals surface area contributed by atoms with Crippen LogP contribution in [-0.4, -0.2) is 0 Å². The average Bonchev–Trinajstić information content (AvgIpc) is 2.72. The van der Waals surface area contributed by atoms with E-state index in [4.69, 9.17) is 4.42 Å². The van der Waals surface area contributed by atoms with Crippen LogP contribution in [-0.2, 0) is 6.54 Å². The molecule has 0 unspecified atom stereocenters. The smallest absolute Gasteiger partial charge is 0.125 e. The van der Waals surface area contributed by atoms with Crippen LogP contribution in [0.5, 0.6) is 0 Å². The molecule has 0 aromatic carbocycles. The maximum Gasteiger partial charge on any atom is 0.125 e. The number of thiophene rings is 1. The largest absolute Gasteiger partial charge is 0.467 e. The molecular weight excluding hydrogens is 194 g/mol. The molecule has 2 nitrogen and oxygen atoms in total. The molecule has 14 heavy (non-hydrogen) atoms. The molecule has 3 heteroatoms. The number of furan rings is 1. The van der Waals surface area contributed by atoms with E-state index < -0.39 is 0 Å². The molecule has 0 atom stereocenters. The second-order valence-electron chi connectivity index (χ2n) is 3.35. The predicted molar refractivity (Wildman–Crippen MR) is 59.8 cm³/mol. The molecule has 1 N–H and O–H groups in total. The second kappa shape index (κ2) is 3.88.